The third kappa shape index (κ3) is 2.77. The second-order valence-electron chi connectivity index (χ2n) is 3.16. The molecule has 1 aromatic carbocycles. The van der Waals surface area contributed by atoms with Gasteiger partial charge in [-0.2, -0.15) is 0 Å². The molecule has 0 atom stereocenters. The standard InChI is InChI=1S/C7H7.C5H5.Zr/c1-7-5-3-2-4-6-7;1-2-4-5-3-1;/h2-6H,1H2;1-3H,4H2;. The molecule has 0 amide bonds. The van der Waals surface area contributed by atoms with Gasteiger partial charge < -0.3 is 0 Å². The first-order valence-electron chi connectivity index (χ1n) is 4.58. The van der Waals surface area contributed by atoms with Crippen LogP contribution in [0, 0.1) is 0 Å². The van der Waals surface area contributed by atoms with Gasteiger partial charge in [0.05, 0.1) is 0 Å². The number of hydrogen-bond donors (Lipinski definition) is 0. The molecule has 0 spiro atoms. The van der Waals surface area contributed by atoms with E-state index in [1.807, 2.05) is 0 Å². The van der Waals surface area contributed by atoms with Crippen molar-refractivity contribution in [3.63, 3.8) is 0 Å². The van der Waals surface area contributed by atoms with Crippen LogP contribution in [0.5, 0.6) is 0 Å². The molecule has 0 N–H and O–H groups in total. The average molecular weight is 247 g/mol. The van der Waals surface area contributed by atoms with E-state index in [9.17, 15) is 0 Å². The van der Waals surface area contributed by atoms with Crippen molar-refractivity contribution in [3.8, 4) is 0 Å². The molecule has 0 aromatic heterocycles. The molecule has 1 aliphatic rings. The van der Waals surface area contributed by atoms with Crippen LogP contribution in [-0.2, 0) is 27.4 Å². The van der Waals surface area contributed by atoms with E-state index in [4.69, 9.17) is 0 Å². The number of benzene rings is 1. The monoisotopic (exact) mass is 246 g/mol. The molecule has 1 aliphatic carbocycles. The van der Waals surface area contributed by atoms with E-state index in [0.717, 1.165) is 0 Å². The van der Waals surface area contributed by atoms with E-state index < -0.39 is 0 Å². The summed E-state index contributed by atoms with van der Waals surface area (Å²) in [5.41, 5.74) is 1.52. The van der Waals surface area contributed by atoms with Crippen LogP contribution in [0.4, 0.5) is 0 Å². The molecular formula is C12H12Zr. The van der Waals surface area contributed by atoms with Gasteiger partial charge in [0.15, 0.2) is 0 Å². The average Bonchev–Trinajstić information content (AvgIpc) is 2.69. The van der Waals surface area contributed by atoms with Gasteiger partial charge in [0, 0.05) is 0 Å². The van der Waals surface area contributed by atoms with Gasteiger partial charge in [-0.05, 0) is 0 Å². The summed E-state index contributed by atoms with van der Waals surface area (Å²) in [6.07, 6.45) is 8.01. The zero-order valence-electron chi connectivity index (χ0n) is 7.53. The van der Waals surface area contributed by atoms with Gasteiger partial charge in [0.2, 0.25) is 0 Å². The number of hydrogen-bond acceptors (Lipinski definition) is 0. The molecule has 1 heteroatoms. The molecule has 0 heterocycles. The molecule has 0 saturated carbocycles. The quantitative estimate of drug-likeness (QED) is 0.770. The van der Waals surface area contributed by atoms with Crippen LogP contribution in [0.1, 0.15) is 12.0 Å². The van der Waals surface area contributed by atoms with E-state index in [1.165, 1.54) is 16.1 Å². The summed E-state index contributed by atoms with van der Waals surface area (Å²) in [4.78, 5) is 0. The topological polar surface area (TPSA) is 0 Å². The maximum atomic E-state index is 2.31. The summed E-state index contributed by atoms with van der Waals surface area (Å²) in [5, 5.41) is 0. The fourth-order valence-electron chi connectivity index (χ4n) is 1.39. The SMILES string of the molecule is C1=CC[C]([Zr][CH2]c2ccccc2)=C1. The van der Waals surface area contributed by atoms with E-state index in [1.54, 1.807) is 3.28 Å². The molecule has 0 unspecified atom stereocenters. The molecule has 0 aliphatic heterocycles. The molecule has 0 saturated heterocycles. The molecule has 0 bridgehead atoms. The van der Waals surface area contributed by atoms with Crippen LogP contribution in [0.2, 0.25) is 0 Å². The predicted octanol–water partition coefficient (Wildman–Crippen LogP) is 3.11. The van der Waals surface area contributed by atoms with Crippen molar-refractivity contribution >= 4 is 0 Å². The van der Waals surface area contributed by atoms with Gasteiger partial charge in [0.25, 0.3) is 0 Å². The summed E-state index contributed by atoms with van der Waals surface area (Å²) in [7, 11) is 0. The fourth-order valence-corrected chi connectivity index (χ4v) is 4.20. The Morgan fingerprint density at radius 3 is 2.69 bits per heavy atom. The molecular weight excluding hydrogens is 235 g/mol. The Kier molecular flexibility index (Phi) is 3.32. The Morgan fingerprint density at radius 1 is 1.15 bits per heavy atom. The fraction of sp³-hybridized carbons (Fsp3) is 0.167. The number of allylic oxidation sites excluding steroid dienone is 4. The van der Waals surface area contributed by atoms with Crippen LogP contribution >= 0.6 is 0 Å². The van der Waals surface area contributed by atoms with Gasteiger partial charge in [-0.25, -0.2) is 0 Å². The van der Waals surface area contributed by atoms with Gasteiger partial charge in [-0.3, -0.25) is 0 Å². The van der Waals surface area contributed by atoms with Gasteiger partial charge >= 0.3 is 91.2 Å². The summed E-state index contributed by atoms with van der Waals surface area (Å²) in [6.45, 7) is 0. The van der Waals surface area contributed by atoms with E-state index >= 15 is 0 Å². The summed E-state index contributed by atoms with van der Waals surface area (Å²) >= 11 is -0.285. The minimum absolute atomic E-state index is 0.285. The first-order chi connectivity index (χ1) is 6.45. The normalized spacial score (nSPS) is 14.3. The van der Waals surface area contributed by atoms with Gasteiger partial charge in [-0.1, -0.05) is 0 Å². The summed E-state index contributed by atoms with van der Waals surface area (Å²) in [6, 6.07) is 10.8. The van der Waals surface area contributed by atoms with Crippen LogP contribution < -0.4 is 0 Å². The van der Waals surface area contributed by atoms with Crippen LogP contribution in [0.3, 0.4) is 0 Å². The molecule has 13 heavy (non-hydrogen) atoms. The molecule has 0 nitrogen and oxygen atoms in total. The molecule has 1 aromatic rings. The van der Waals surface area contributed by atoms with Crippen molar-refractivity contribution in [2.45, 2.75) is 10.5 Å². The van der Waals surface area contributed by atoms with Crippen molar-refractivity contribution in [1.82, 2.24) is 0 Å². The third-order valence-corrected chi connectivity index (χ3v) is 5.60. The Balaban J connectivity index is 1.87. The van der Waals surface area contributed by atoms with E-state index in [0.29, 0.717) is 0 Å². The predicted molar refractivity (Wildman–Crippen MR) is 52.0 cm³/mol. The van der Waals surface area contributed by atoms with Crippen molar-refractivity contribution in [2.24, 2.45) is 0 Å². The van der Waals surface area contributed by atoms with Crippen LogP contribution in [0.25, 0.3) is 0 Å². The number of rotatable bonds is 3. The van der Waals surface area contributed by atoms with Crippen LogP contribution in [0.15, 0.2) is 51.8 Å². The van der Waals surface area contributed by atoms with Crippen molar-refractivity contribution in [2.75, 3.05) is 0 Å². The molecule has 64 valence electrons. The van der Waals surface area contributed by atoms with Crippen molar-refractivity contribution < 1.29 is 23.2 Å². The van der Waals surface area contributed by atoms with Gasteiger partial charge in [0.1, 0.15) is 0 Å². The Morgan fingerprint density at radius 2 is 2.00 bits per heavy atom. The Labute approximate surface area is 90.9 Å². The van der Waals surface area contributed by atoms with Crippen molar-refractivity contribution in [1.29, 1.82) is 0 Å². The minimum atomic E-state index is -0.285. The first-order valence-corrected chi connectivity index (χ1v) is 7.55. The summed E-state index contributed by atoms with van der Waals surface area (Å²) < 4.78 is 3.07. The zero-order valence-corrected chi connectivity index (χ0v) is 9.99. The third-order valence-electron chi connectivity index (χ3n) is 2.13. The van der Waals surface area contributed by atoms with Crippen molar-refractivity contribution in [3.05, 3.63) is 57.4 Å². The zero-order chi connectivity index (χ0) is 8.93. The second kappa shape index (κ2) is 4.72. The Bertz CT molecular complexity index is 322. The molecule has 0 fully saturated rings. The van der Waals surface area contributed by atoms with E-state index in [2.05, 4.69) is 48.6 Å². The first kappa shape index (κ1) is 9.15. The molecule has 2 rings (SSSR count). The maximum absolute atomic E-state index is 2.31. The summed E-state index contributed by atoms with van der Waals surface area (Å²) in [5.74, 6) is 0. The second-order valence-corrected chi connectivity index (χ2v) is 6.48. The van der Waals surface area contributed by atoms with Gasteiger partial charge in [-0.15, -0.1) is 0 Å². The Hall–Kier alpha value is -0.417. The molecule has 0 radical (unpaired) electrons. The van der Waals surface area contributed by atoms with Crippen LogP contribution in [-0.4, -0.2) is 0 Å². The van der Waals surface area contributed by atoms with E-state index in [-0.39, 0.29) is 23.2 Å².